The summed E-state index contributed by atoms with van der Waals surface area (Å²) >= 11 is 0. The van der Waals surface area contributed by atoms with Crippen molar-refractivity contribution >= 4 is 5.96 Å². The second-order valence-electron chi connectivity index (χ2n) is 6.75. The largest absolute Gasteiger partial charge is 0.379 e. The molecule has 2 fully saturated rings. The van der Waals surface area contributed by atoms with Crippen LogP contribution in [0.4, 0.5) is 0 Å². The highest BCUT2D eigenvalue weighted by molar-refractivity contribution is 5.80. The molecule has 132 valence electrons. The van der Waals surface area contributed by atoms with E-state index in [-0.39, 0.29) is 0 Å². The summed E-state index contributed by atoms with van der Waals surface area (Å²) < 4.78 is 5.47. The van der Waals surface area contributed by atoms with E-state index in [0.29, 0.717) is 6.04 Å². The third kappa shape index (κ3) is 4.48. The number of hydrogen-bond acceptors (Lipinski definition) is 3. The number of guanidine groups is 1. The van der Waals surface area contributed by atoms with Gasteiger partial charge in [0, 0.05) is 45.8 Å². The fourth-order valence-electron chi connectivity index (χ4n) is 3.69. The van der Waals surface area contributed by atoms with Crippen molar-refractivity contribution in [2.75, 3.05) is 53.0 Å². The van der Waals surface area contributed by atoms with Crippen LogP contribution in [0.1, 0.15) is 17.5 Å². The maximum atomic E-state index is 5.47. The number of nitrogens with zero attached hydrogens (tertiary/aromatic N) is 3. The van der Waals surface area contributed by atoms with E-state index >= 15 is 0 Å². The van der Waals surface area contributed by atoms with Gasteiger partial charge < -0.3 is 15.0 Å². The summed E-state index contributed by atoms with van der Waals surface area (Å²) in [5.74, 6) is 1.04. The summed E-state index contributed by atoms with van der Waals surface area (Å²) in [6.07, 6.45) is 2.25. The van der Waals surface area contributed by atoms with E-state index in [4.69, 9.17) is 4.74 Å². The van der Waals surface area contributed by atoms with Crippen molar-refractivity contribution in [3.05, 3.63) is 35.4 Å². The molecular weight excluding hydrogens is 300 g/mol. The number of hydrogen-bond donors (Lipinski definition) is 1. The molecule has 2 heterocycles. The zero-order valence-electron chi connectivity index (χ0n) is 15.0. The highest BCUT2D eigenvalue weighted by Gasteiger charge is 2.30. The first-order valence-electron chi connectivity index (χ1n) is 9.09. The Balaban J connectivity index is 1.46. The van der Waals surface area contributed by atoms with Gasteiger partial charge in [0.05, 0.1) is 13.2 Å². The molecule has 0 amide bonds. The van der Waals surface area contributed by atoms with E-state index in [0.717, 1.165) is 58.3 Å². The first-order valence-corrected chi connectivity index (χ1v) is 9.09. The summed E-state index contributed by atoms with van der Waals surface area (Å²) in [5, 5.41) is 3.54. The molecule has 2 aliphatic heterocycles. The molecule has 3 rings (SSSR count). The number of aryl methyl sites for hydroxylation is 1. The molecule has 0 radical (unpaired) electrons. The van der Waals surface area contributed by atoms with E-state index < -0.39 is 0 Å². The average molecular weight is 330 g/mol. The summed E-state index contributed by atoms with van der Waals surface area (Å²) in [4.78, 5) is 9.46. The van der Waals surface area contributed by atoms with Gasteiger partial charge in [-0.25, -0.2) is 0 Å². The molecule has 1 aromatic rings. The van der Waals surface area contributed by atoms with Crippen LogP contribution in [0.3, 0.4) is 0 Å². The maximum Gasteiger partial charge on any atom is 0.193 e. The van der Waals surface area contributed by atoms with Crippen LogP contribution in [0.2, 0.25) is 0 Å². The second-order valence-corrected chi connectivity index (χ2v) is 6.75. The summed E-state index contributed by atoms with van der Waals surface area (Å²) in [5.41, 5.74) is 2.70. The Morgan fingerprint density at radius 1 is 1.29 bits per heavy atom. The van der Waals surface area contributed by atoms with Crippen molar-refractivity contribution < 1.29 is 4.74 Å². The Labute approximate surface area is 145 Å². The highest BCUT2D eigenvalue weighted by atomic mass is 16.5. The topological polar surface area (TPSA) is 40.1 Å². The van der Waals surface area contributed by atoms with Gasteiger partial charge in [-0.05, 0) is 25.3 Å². The molecule has 2 saturated heterocycles. The monoisotopic (exact) mass is 330 g/mol. The van der Waals surface area contributed by atoms with Gasteiger partial charge in [-0.2, -0.15) is 0 Å². The van der Waals surface area contributed by atoms with Crippen LogP contribution in [0, 0.1) is 6.92 Å². The molecule has 1 unspecified atom stereocenters. The number of morpholine rings is 1. The van der Waals surface area contributed by atoms with Crippen LogP contribution in [0.5, 0.6) is 0 Å². The molecule has 0 bridgehead atoms. The summed E-state index contributed by atoms with van der Waals surface area (Å²) in [7, 11) is 1.89. The minimum absolute atomic E-state index is 0.643. The van der Waals surface area contributed by atoms with Gasteiger partial charge >= 0.3 is 0 Å². The molecule has 0 aliphatic carbocycles. The first-order chi connectivity index (χ1) is 11.8. The van der Waals surface area contributed by atoms with E-state index in [1.54, 1.807) is 0 Å². The highest BCUT2D eigenvalue weighted by Crippen LogP contribution is 2.17. The first kappa shape index (κ1) is 17.2. The van der Waals surface area contributed by atoms with Gasteiger partial charge in [-0.1, -0.05) is 29.8 Å². The van der Waals surface area contributed by atoms with Crippen molar-refractivity contribution in [2.45, 2.75) is 25.8 Å². The lowest BCUT2D eigenvalue weighted by Crippen LogP contribution is -2.46. The Kier molecular flexibility index (Phi) is 6.10. The Morgan fingerprint density at radius 3 is 2.88 bits per heavy atom. The smallest absolute Gasteiger partial charge is 0.193 e. The van der Waals surface area contributed by atoms with E-state index in [9.17, 15) is 0 Å². The lowest BCUT2D eigenvalue weighted by Gasteiger charge is -2.32. The number of nitrogens with one attached hydrogen (secondary N) is 1. The van der Waals surface area contributed by atoms with Crippen molar-refractivity contribution in [3.8, 4) is 0 Å². The predicted molar refractivity (Wildman–Crippen MR) is 98.6 cm³/mol. The Hall–Kier alpha value is -1.59. The van der Waals surface area contributed by atoms with Crippen LogP contribution in [0.15, 0.2) is 29.3 Å². The van der Waals surface area contributed by atoms with Crippen LogP contribution in [-0.4, -0.2) is 74.8 Å². The minimum atomic E-state index is 0.643. The Morgan fingerprint density at radius 2 is 2.12 bits per heavy atom. The van der Waals surface area contributed by atoms with Gasteiger partial charge in [0.1, 0.15) is 0 Å². The van der Waals surface area contributed by atoms with Crippen molar-refractivity contribution in [1.82, 2.24) is 15.1 Å². The average Bonchev–Trinajstić information content (AvgIpc) is 3.09. The summed E-state index contributed by atoms with van der Waals surface area (Å²) in [6, 6.07) is 9.37. The molecular formula is C19H30N4O. The molecule has 0 saturated carbocycles. The number of ether oxygens (including phenoxy) is 1. The Bertz CT molecular complexity index is 554. The normalized spacial score (nSPS) is 22.8. The second kappa shape index (κ2) is 8.49. The van der Waals surface area contributed by atoms with Gasteiger partial charge in [-0.15, -0.1) is 0 Å². The van der Waals surface area contributed by atoms with Crippen LogP contribution < -0.4 is 5.32 Å². The maximum absolute atomic E-state index is 5.47. The van der Waals surface area contributed by atoms with Gasteiger partial charge in [0.25, 0.3) is 0 Å². The van der Waals surface area contributed by atoms with Gasteiger partial charge in [0.2, 0.25) is 0 Å². The molecule has 1 aromatic carbocycles. The van der Waals surface area contributed by atoms with Crippen LogP contribution in [0.25, 0.3) is 0 Å². The number of rotatable bonds is 4. The van der Waals surface area contributed by atoms with Crippen molar-refractivity contribution in [3.63, 3.8) is 0 Å². The van der Waals surface area contributed by atoms with Crippen molar-refractivity contribution in [2.24, 2.45) is 4.99 Å². The number of likely N-dealkylation sites (tertiary alicyclic amines) is 1. The van der Waals surface area contributed by atoms with E-state index in [1.807, 2.05) is 7.05 Å². The van der Waals surface area contributed by atoms with Crippen LogP contribution in [-0.2, 0) is 11.2 Å². The fraction of sp³-hybridized carbons (Fsp3) is 0.632. The third-order valence-corrected chi connectivity index (χ3v) is 5.02. The molecule has 0 aromatic heterocycles. The van der Waals surface area contributed by atoms with Crippen LogP contribution >= 0.6 is 0 Å². The van der Waals surface area contributed by atoms with E-state index in [1.165, 1.54) is 17.5 Å². The molecule has 5 nitrogen and oxygen atoms in total. The third-order valence-electron chi connectivity index (χ3n) is 5.02. The standard InChI is InChI=1S/C19H30N4O/c1-16-4-3-5-17(14-16)6-8-21-19(20-2)23-9-7-18(15-23)22-10-12-24-13-11-22/h3-5,14,18H,6-13,15H2,1-2H3,(H,20,21). The fourth-order valence-corrected chi connectivity index (χ4v) is 3.69. The minimum Gasteiger partial charge on any atom is -0.379 e. The predicted octanol–water partition coefficient (Wildman–Crippen LogP) is 1.52. The van der Waals surface area contributed by atoms with Gasteiger partial charge in [-0.3, -0.25) is 9.89 Å². The summed E-state index contributed by atoms with van der Waals surface area (Å²) in [6.45, 7) is 9.12. The quantitative estimate of drug-likeness (QED) is 0.671. The van der Waals surface area contributed by atoms with Gasteiger partial charge in [0.15, 0.2) is 5.96 Å². The zero-order chi connectivity index (χ0) is 16.8. The molecule has 5 heteroatoms. The van der Waals surface area contributed by atoms with Crippen molar-refractivity contribution in [1.29, 1.82) is 0 Å². The lowest BCUT2D eigenvalue weighted by molar-refractivity contribution is 0.0195. The zero-order valence-corrected chi connectivity index (χ0v) is 15.0. The lowest BCUT2D eigenvalue weighted by atomic mass is 10.1. The molecule has 2 aliphatic rings. The van der Waals surface area contributed by atoms with E-state index in [2.05, 4.69) is 51.3 Å². The molecule has 24 heavy (non-hydrogen) atoms. The molecule has 1 atom stereocenters. The number of aliphatic imine (C=N–C) groups is 1. The molecule has 0 spiro atoms. The molecule has 1 N–H and O–H groups in total. The number of benzene rings is 1. The SMILES string of the molecule is CN=C(NCCc1cccc(C)c1)N1CCC(N2CCOCC2)C1.